The third kappa shape index (κ3) is 2.67. The van der Waals surface area contributed by atoms with Crippen molar-refractivity contribution < 1.29 is 9.18 Å². The number of anilines is 1. The van der Waals surface area contributed by atoms with Gasteiger partial charge < -0.3 is 5.32 Å². The van der Waals surface area contributed by atoms with Crippen molar-refractivity contribution in [1.82, 2.24) is 4.98 Å². The highest BCUT2D eigenvalue weighted by atomic mass is 32.1. The van der Waals surface area contributed by atoms with Crippen LogP contribution in [0, 0.1) is 24.1 Å². The van der Waals surface area contributed by atoms with Gasteiger partial charge in [-0.1, -0.05) is 0 Å². The number of hydrogen-bond donors (Lipinski definition) is 1. The van der Waals surface area contributed by atoms with Crippen LogP contribution in [-0.4, -0.2) is 10.9 Å². The maximum Gasteiger partial charge on any atom is 0.257 e. The summed E-state index contributed by atoms with van der Waals surface area (Å²) in [5, 5.41) is 13.3. The molecule has 0 saturated carbocycles. The highest BCUT2D eigenvalue weighted by Gasteiger charge is 2.24. The molecular weight excluding hydrogens is 337 g/mol. The minimum Gasteiger partial charge on any atom is -0.312 e. The summed E-state index contributed by atoms with van der Waals surface area (Å²) < 4.78 is 13.6. The largest absolute Gasteiger partial charge is 0.312 e. The van der Waals surface area contributed by atoms with Crippen LogP contribution >= 0.6 is 11.3 Å². The van der Waals surface area contributed by atoms with Gasteiger partial charge in [-0.25, -0.2) is 4.39 Å². The number of nitrogens with one attached hydrogen (secondary N) is 1. The normalized spacial score (nSPS) is 12.8. The molecule has 0 aliphatic heterocycles. The zero-order valence-corrected chi connectivity index (χ0v) is 14.3. The van der Waals surface area contributed by atoms with Crippen molar-refractivity contribution in [2.75, 3.05) is 5.32 Å². The summed E-state index contributed by atoms with van der Waals surface area (Å²) in [6, 6.07) is 8.06. The van der Waals surface area contributed by atoms with Crippen LogP contribution in [0.4, 0.5) is 9.39 Å². The molecule has 25 heavy (non-hydrogen) atoms. The summed E-state index contributed by atoms with van der Waals surface area (Å²) in [6.07, 6.45) is 2.89. The van der Waals surface area contributed by atoms with E-state index in [0.29, 0.717) is 32.7 Å². The molecule has 4 nitrogen and oxygen atoms in total. The lowest BCUT2D eigenvalue weighted by Gasteiger charge is -2.09. The van der Waals surface area contributed by atoms with Crippen LogP contribution < -0.4 is 5.32 Å². The number of pyridine rings is 1. The van der Waals surface area contributed by atoms with Gasteiger partial charge in [0.05, 0.1) is 16.6 Å². The van der Waals surface area contributed by atoms with Crippen molar-refractivity contribution in [2.45, 2.75) is 26.2 Å². The highest BCUT2D eigenvalue weighted by Crippen LogP contribution is 2.38. The molecule has 2 aromatic heterocycles. The van der Waals surface area contributed by atoms with Gasteiger partial charge in [0.2, 0.25) is 0 Å². The minimum absolute atomic E-state index is 0.350. The lowest BCUT2D eigenvalue weighted by atomic mass is 10.1. The number of aryl methyl sites for hydroxylation is 2. The van der Waals surface area contributed by atoms with Gasteiger partial charge in [-0.15, -0.1) is 11.3 Å². The molecule has 2 heterocycles. The van der Waals surface area contributed by atoms with Crippen LogP contribution in [-0.2, 0) is 12.8 Å². The van der Waals surface area contributed by atoms with Gasteiger partial charge >= 0.3 is 0 Å². The fraction of sp³-hybridized carbons (Fsp3) is 0.211. The Kier molecular flexibility index (Phi) is 3.74. The van der Waals surface area contributed by atoms with E-state index in [1.807, 2.05) is 0 Å². The molecule has 6 heteroatoms. The summed E-state index contributed by atoms with van der Waals surface area (Å²) in [5.74, 6) is -0.766. The molecule has 0 saturated heterocycles. The first kappa shape index (κ1) is 15.7. The van der Waals surface area contributed by atoms with E-state index in [2.05, 4.69) is 16.4 Å². The van der Waals surface area contributed by atoms with Crippen LogP contribution in [0.3, 0.4) is 0 Å². The summed E-state index contributed by atoms with van der Waals surface area (Å²) in [7, 11) is 0. The second kappa shape index (κ2) is 5.94. The van der Waals surface area contributed by atoms with Crippen LogP contribution in [0.5, 0.6) is 0 Å². The summed E-state index contributed by atoms with van der Waals surface area (Å²) in [5.41, 5.74) is 3.23. The van der Waals surface area contributed by atoms with Gasteiger partial charge in [0.15, 0.2) is 0 Å². The Labute approximate surface area is 147 Å². The summed E-state index contributed by atoms with van der Waals surface area (Å²) in [4.78, 5) is 18.3. The Morgan fingerprint density at radius 1 is 1.36 bits per heavy atom. The Bertz CT molecular complexity index is 1060. The average molecular weight is 351 g/mol. The number of carbonyl (C=O) groups excluding carboxylic acids is 1. The molecular formula is C19H14FN3OS. The lowest BCUT2D eigenvalue weighted by molar-refractivity contribution is 0.102. The topological polar surface area (TPSA) is 65.8 Å². The van der Waals surface area contributed by atoms with Crippen molar-refractivity contribution in [3.63, 3.8) is 0 Å². The molecule has 124 valence electrons. The van der Waals surface area contributed by atoms with Crippen molar-refractivity contribution in [1.29, 1.82) is 5.26 Å². The third-order valence-corrected chi connectivity index (χ3v) is 5.61. The molecule has 1 amide bonds. The maximum absolute atomic E-state index is 13.6. The van der Waals surface area contributed by atoms with Crippen LogP contribution in [0.25, 0.3) is 10.9 Å². The lowest BCUT2D eigenvalue weighted by Crippen LogP contribution is -2.13. The van der Waals surface area contributed by atoms with Crippen molar-refractivity contribution in [3.8, 4) is 6.07 Å². The number of nitrogens with zero attached hydrogens (tertiary/aromatic N) is 2. The van der Waals surface area contributed by atoms with Crippen LogP contribution in [0.1, 0.15) is 38.5 Å². The fourth-order valence-electron chi connectivity index (χ4n) is 3.30. The molecule has 0 fully saturated rings. The molecule has 1 N–H and O–H groups in total. The number of aromatic nitrogens is 1. The van der Waals surface area contributed by atoms with Crippen LogP contribution in [0.15, 0.2) is 24.3 Å². The standard InChI is InChI=1S/C19H14FN3OS/c1-10-7-14(13-8-11(20)5-6-16(13)22-10)18(24)23-19-15(9-21)12-3-2-4-17(12)25-19/h5-8H,2-4H2,1H3,(H,23,24). The van der Waals surface area contributed by atoms with Gasteiger partial charge in [-0.05, 0) is 56.0 Å². The van der Waals surface area contributed by atoms with E-state index in [9.17, 15) is 14.4 Å². The summed E-state index contributed by atoms with van der Waals surface area (Å²) >= 11 is 1.46. The monoisotopic (exact) mass is 351 g/mol. The first-order chi connectivity index (χ1) is 12.1. The second-order valence-electron chi connectivity index (χ2n) is 6.10. The summed E-state index contributed by atoms with van der Waals surface area (Å²) in [6.45, 7) is 1.79. The van der Waals surface area contributed by atoms with Gasteiger partial charge in [0.1, 0.15) is 16.9 Å². The number of amides is 1. The Hall–Kier alpha value is -2.78. The molecule has 0 radical (unpaired) electrons. The highest BCUT2D eigenvalue weighted by molar-refractivity contribution is 7.16. The number of halogens is 1. The van der Waals surface area contributed by atoms with Crippen molar-refractivity contribution in [3.05, 3.63) is 57.3 Å². The van der Waals surface area contributed by atoms with E-state index in [-0.39, 0.29) is 5.91 Å². The number of carbonyl (C=O) groups is 1. The molecule has 3 aromatic rings. The predicted octanol–water partition coefficient (Wildman–Crippen LogP) is 4.36. The molecule has 0 unspecified atom stereocenters. The van der Waals surface area contributed by atoms with E-state index in [1.165, 1.54) is 28.3 Å². The van der Waals surface area contributed by atoms with E-state index in [0.717, 1.165) is 24.8 Å². The van der Waals surface area contributed by atoms with Gasteiger partial charge in [-0.3, -0.25) is 9.78 Å². The predicted molar refractivity (Wildman–Crippen MR) is 95.5 cm³/mol. The van der Waals surface area contributed by atoms with Gasteiger partial charge in [0, 0.05) is 16.0 Å². The maximum atomic E-state index is 13.6. The zero-order valence-electron chi connectivity index (χ0n) is 13.5. The average Bonchev–Trinajstić information content (AvgIpc) is 3.15. The first-order valence-electron chi connectivity index (χ1n) is 7.99. The van der Waals surface area contributed by atoms with Crippen LogP contribution in [0.2, 0.25) is 0 Å². The number of thiophene rings is 1. The molecule has 0 atom stereocenters. The van der Waals surface area contributed by atoms with Crippen molar-refractivity contribution in [2.24, 2.45) is 0 Å². The number of benzene rings is 1. The minimum atomic E-state index is -0.417. The number of nitriles is 1. The van der Waals surface area contributed by atoms with E-state index < -0.39 is 5.82 Å². The molecule has 1 aliphatic carbocycles. The van der Waals surface area contributed by atoms with Gasteiger partial charge in [0.25, 0.3) is 5.91 Å². The Morgan fingerprint density at radius 3 is 3.00 bits per heavy atom. The number of fused-ring (bicyclic) bond motifs is 2. The molecule has 1 aliphatic rings. The third-order valence-electron chi connectivity index (χ3n) is 4.40. The first-order valence-corrected chi connectivity index (χ1v) is 8.81. The van der Waals surface area contributed by atoms with E-state index in [1.54, 1.807) is 19.1 Å². The fourth-order valence-corrected chi connectivity index (χ4v) is 4.53. The number of rotatable bonds is 2. The zero-order chi connectivity index (χ0) is 17.6. The second-order valence-corrected chi connectivity index (χ2v) is 7.21. The Morgan fingerprint density at radius 2 is 2.20 bits per heavy atom. The van der Waals surface area contributed by atoms with Gasteiger partial charge in [-0.2, -0.15) is 5.26 Å². The Balaban J connectivity index is 1.77. The van der Waals surface area contributed by atoms with E-state index >= 15 is 0 Å². The molecule has 0 bridgehead atoms. The smallest absolute Gasteiger partial charge is 0.257 e. The quantitative estimate of drug-likeness (QED) is 0.746. The number of hydrogen-bond acceptors (Lipinski definition) is 4. The SMILES string of the molecule is Cc1cc(C(=O)Nc2sc3c(c2C#N)CCC3)c2cc(F)ccc2n1. The molecule has 4 rings (SSSR count). The molecule has 0 spiro atoms. The van der Waals surface area contributed by atoms with Crippen molar-refractivity contribution >= 4 is 33.1 Å². The van der Waals surface area contributed by atoms with E-state index in [4.69, 9.17) is 0 Å². The molecule has 1 aromatic carbocycles.